The van der Waals surface area contributed by atoms with E-state index in [4.69, 9.17) is 20.4 Å². The molecule has 0 radical (unpaired) electrons. The number of piperidine rings is 1. The lowest BCUT2D eigenvalue weighted by molar-refractivity contribution is 0.0809. The highest BCUT2D eigenvalue weighted by Gasteiger charge is 2.34. The fourth-order valence-electron chi connectivity index (χ4n) is 7.15. The average Bonchev–Trinajstić information content (AvgIpc) is 3.92. The summed E-state index contributed by atoms with van der Waals surface area (Å²) in [5.41, 5.74) is 10.6. The molecule has 4 N–H and O–H groups in total. The third kappa shape index (κ3) is 6.90. The number of amides is 1. The predicted molar refractivity (Wildman–Crippen MR) is 177 cm³/mol. The van der Waals surface area contributed by atoms with Gasteiger partial charge in [0.2, 0.25) is 0 Å². The first-order valence-corrected chi connectivity index (χ1v) is 16.6. The van der Waals surface area contributed by atoms with Crippen LogP contribution < -0.4 is 21.3 Å². The van der Waals surface area contributed by atoms with Crippen LogP contribution in [0.15, 0.2) is 42.7 Å². The Balaban J connectivity index is 1.06. The smallest absolute Gasteiger partial charge is 0.271 e. The number of piperazine rings is 1. The quantitative estimate of drug-likeness (QED) is 0.327. The molecule has 7 rings (SSSR count). The fourth-order valence-corrected chi connectivity index (χ4v) is 7.15. The van der Waals surface area contributed by atoms with Crippen LogP contribution in [0.4, 0.5) is 23.0 Å². The number of carbonyl (C=O) groups is 1. The zero-order valence-corrected chi connectivity index (χ0v) is 26.3. The van der Waals surface area contributed by atoms with Crippen molar-refractivity contribution in [2.24, 2.45) is 5.73 Å². The van der Waals surface area contributed by atoms with Gasteiger partial charge in [-0.1, -0.05) is 0 Å². The number of ether oxygens (including phenoxy) is 1. The van der Waals surface area contributed by atoms with Crippen molar-refractivity contribution in [3.05, 3.63) is 54.0 Å². The summed E-state index contributed by atoms with van der Waals surface area (Å²) in [6.07, 6.45) is 10.3. The molecule has 4 fully saturated rings. The van der Waals surface area contributed by atoms with Crippen molar-refractivity contribution >= 4 is 28.9 Å². The highest BCUT2D eigenvalue weighted by molar-refractivity contribution is 5.97. The van der Waals surface area contributed by atoms with Crippen LogP contribution in [0.2, 0.25) is 0 Å². The highest BCUT2D eigenvalue weighted by Crippen LogP contribution is 2.33. The van der Waals surface area contributed by atoms with Crippen molar-refractivity contribution in [1.29, 1.82) is 0 Å². The minimum absolute atomic E-state index is 0.0982. The van der Waals surface area contributed by atoms with Gasteiger partial charge in [-0.05, 0) is 81.3 Å². The van der Waals surface area contributed by atoms with Gasteiger partial charge >= 0.3 is 0 Å². The topological polar surface area (TPSA) is 125 Å². The number of carbonyl (C=O) groups excluding carboxylic acids is 1. The molecule has 0 unspecified atom stereocenters. The zero-order chi connectivity index (χ0) is 30.8. The molecular weight excluding hydrogens is 566 g/mol. The van der Waals surface area contributed by atoms with E-state index in [9.17, 15) is 4.79 Å². The molecule has 1 saturated carbocycles. The molecule has 1 aliphatic carbocycles. The Morgan fingerprint density at radius 1 is 0.844 bits per heavy atom. The van der Waals surface area contributed by atoms with Gasteiger partial charge in [0.25, 0.3) is 5.91 Å². The van der Waals surface area contributed by atoms with E-state index in [-0.39, 0.29) is 11.7 Å². The van der Waals surface area contributed by atoms with Crippen molar-refractivity contribution in [3.8, 4) is 11.3 Å². The molecule has 238 valence electrons. The van der Waals surface area contributed by atoms with E-state index >= 15 is 0 Å². The van der Waals surface area contributed by atoms with Crippen LogP contribution in [0.1, 0.15) is 54.6 Å². The molecule has 4 aliphatic rings. The molecule has 11 nitrogen and oxygen atoms in total. The maximum absolute atomic E-state index is 12.6. The highest BCUT2D eigenvalue weighted by atomic mass is 16.5. The zero-order valence-electron chi connectivity index (χ0n) is 26.3. The summed E-state index contributed by atoms with van der Waals surface area (Å²) in [6, 6.07) is 11.8. The third-order valence-corrected chi connectivity index (χ3v) is 9.84. The first-order valence-electron chi connectivity index (χ1n) is 16.6. The van der Waals surface area contributed by atoms with Gasteiger partial charge in [0.05, 0.1) is 0 Å². The Hall–Kier alpha value is -3.80. The number of nitrogens with zero attached hydrogens (tertiary/aromatic N) is 6. The lowest BCUT2D eigenvalue weighted by Gasteiger charge is -2.43. The number of rotatable bonds is 9. The molecule has 3 aliphatic heterocycles. The summed E-state index contributed by atoms with van der Waals surface area (Å²) in [4.78, 5) is 34.4. The molecule has 11 heteroatoms. The number of aryl methyl sites for hydroxylation is 1. The van der Waals surface area contributed by atoms with Crippen LogP contribution in [-0.4, -0.2) is 101 Å². The fraction of sp³-hybridized carbons (Fsp3) is 0.529. The van der Waals surface area contributed by atoms with E-state index < -0.39 is 5.91 Å². The first kappa shape index (κ1) is 29.9. The molecule has 2 aromatic heterocycles. The van der Waals surface area contributed by atoms with Crippen LogP contribution in [0, 0.1) is 6.92 Å². The molecule has 3 saturated heterocycles. The minimum atomic E-state index is -0.636. The Kier molecular flexibility index (Phi) is 8.82. The van der Waals surface area contributed by atoms with Crippen LogP contribution in [0.3, 0.4) is 0 Å². The number of aromatic nitrogens is 3. The van der Waals surface area contributed by atoms with Crippen molar-refractivity contribution in [3.63, 3.8) is 0 Å². The van der Waals surface area contributed by atoms with Gasteiger partial charge in [0.15, 0.2) is 17.3 Å². The largest absolute Gasteiger partial charge is 0.381 e. The molecule has 45 heavy (non-hydrogen) atoms. The molecule has 1 aromatic carbocycles. The number of pyridine rings is 1. The Bertz CT molecular complexity index is 1480. The van der Waals surface area contributed by atoms with Gasteiger partial charge in [-0.2, -0.15) is 0 Å². The lowest BCUT2D eigenvalue weighted by atomic mass is 10.0. The molecule has 3 aromatic rings. The molecule has 0 bridgehead atoms. The van der Waals surface area contributed by atoms with E-state index in [1.165, 1.54) is 63.1 Å². The summed E-state index contributed by atoms with van der Waals surface area (Å²) in [6.45, 7) is 10.6. The summed E-state index contributed by atoms with van der Waals surface area (Å²) < 4.78 is 5.55. The third-order valence-electron chi connectivity index (χ3n) is 9.84. The Morgan fingerprint density at radius 3 is 2.13 bits per heavy atom. The Morgan fingerprint density at radius 2 is 1.51 bits per heavy atom. The summed E-state index contributed by atoms with van der Waals surface area (Å²) in [5.74, 6) is 0.304. The molecule has 1 amide bonds. The SMILES string of the molecule is Cc1cc(Nc2nc(NC3CCOCC3)c(-c3ccncc3)nc2C(N)=O)ccc1N1CCC(N2CCN(C3CC3)CC2)CC1. The van der Waals surface area contributed by atoms with Gasteiger partial charge in [-0.3, -0.25) is 19.6 Å². The Labute approximate surface area is 265 Å². The van der Waals surface area contributed by atoms with Crippen molar-refractivity contribution in [1.82, 2.24) is 24.8 Å². The van der Waals surface area contributed by atoms with Crippen LogP contribution in [0.5, 0.6) is 0 Å². The molecule has 5 heterocycles. The van der Waals surface area contributed by atoms with E-state index in [0.29, 0.717) is 36.6 Å². The van der Waals surface area contributed by atoms with Gasteiger partial charge < -0.3 is 26.0 Å². The van der Waals surface area contributed by atoms with Crippen molar-refractivity contribution in [2.45, 2.75) is 63.6 Å². The number of hydrogen-bond donors (Lipinski definition) is 3. The van der Waals surface area contributed by atoms with Crippen LogP contribution in [-0.2, 0) is 4.74 Å². The van der Waals surface area contributed by atoms with E-state index in [0.717, 1.165) is 43.2 Å². The second kappa shape index (κ2) is 13.3. The first-order chi connectivity index (χ1) is 22.0. The average molecular weight is 612 g/mol. The number of nitrogens with one attached hydrogen (secondary N) is 2. The number of nitrogens with two attached hydrogens (primary N) is 1. The van der Waals surface area contributed by atoms with E-state index in [2.05, 4.69) is 55.4 Å². The van der Waals surface area contributed by atoms with Crippen molar-refractivity contribution < 1.29 is 9.53 Å². The number of anilines is 4. The van der Waals surface area contributed by atoms with E-state index in [1.54, 1.807) is 12.4 Å². The second-order valence-corrected chi connectivity index (χ2v) is 12.9. The number of benzene rings is 1. The lowest BCUT2D eigenvalue weighted by Crippen LogP contribution is -2.53. The monoisotopic (exact) mass is 611 g/mol. The van der Waals surface area contributed by atoms with Crippen LogP contribution >= 0.6 is 0 Å². The van der Waals surface area contributed by atoms with Crippen molar-refractivity contribution in [2.75, 3.05) is 68.0 Å². The predicted octanol–water partition coefficient (Wildman–Crippen LogP) is 4.03. The van der Waals surface area contributed by atoms with E-state index in [1.807, 2.05) is 12.1 Å². The maximum atomic E-state index is 12.6. The normalized spacial score (nSPS) is 20.7. The summed E-state index contributed by atoms with van der Waals surface area (Å²) in [7, 11) is 0. The second-order valence-electron chi connectivity index (χ2n) is 12.9. The van der Waals surface area contributed by atoms with Gasteiger partial charge in [-0.15, -0.1) is 0 Å². The standard InChI is InChI=1S/C34H45N9O2/c1-23-22-26(2-5-29(23)43-14-8-28(9-15-43)42-18-16-41(17-19-42)27-3-4-27)38-34-31(32(35)44)39-30(24-6-12-36-13-7-24)33(40-34)37-25-10-20-45-21-11-25/h2,5-7,12-13,22,25,27-28H,3-4,8-11,14-21H2,1H3,(H2,35,44)(H2,37,38,40). The number of primary amides is 1. The van der Waals surface area contributed by atoms with Gasteiger partial charge in [0.1, 0.15) is 5.69 Å². The van der Waals surface area contributed by atoms with Gasteiger partial charge in [0, 0.05) is 99.9 Å². The van der Waals surface area contributed by atoms with Crippen LogP contribution in [0.25, 0.3) is 11.3 Å². The minimum Gasteiger partial charge on any atom is -0.381 e. The van der Waals surface area contributed by atoms with Gasteiger partial charge in [-0.25, -0.2) is 9.97 Å². The maximum Gasteiger partial charge on any atom is 0.271 e. The molecule has 0 spiro atoms. The molecule has 0 atom stereocenters. The molecular formula is C34H45N9O2. The summed E-state index contributed by atoms with van der Waals surface area (Å²) >= 11 is 0. The summed E-state index contributed by atoms with van der Waals surface area (Å²) in [5, 5.41) is 6.93. The number of hydrogen-bond acceptors (Lipinski definition) is 10.